The van der Waals surface area contributed by atoms with Gasteiger partial charge in [-0.15, -0.1) is 0 Å². The van der Waals surface area contributed by atoms with Crippen LogP contribution in [0.4, 0.5) is 5.69 Å². The van der Waals surface area contributed by atoms with Crippen molar-refractivity contribution in [3.8, 4) is 0 Å². The van der Waals surface area contributed by atoms with Gasteiger partial charge in [0.05, 0.1) is 9.82 Å². The number of nitro benzene ring substituents is 1. The van der Waals surface area contributed by atoms with Gasteiger partial charge >= 0.3 is 0 Å². The van der Waals surface area contributed by atoms with Crippen LogP contribution in [0.1, 0.15) is 24.8 Å². The summed E-state index contributed by atoms with van der Waals surface area (Å²) in [4.78, 5) is 10.3. The van der Waals surface area contributed by atoms with E-state index in [2.05, 4.69) is 10.0 Å². The number of nitrogens with one attached hydrogen (secondary N) is 2. The van der Waals surface area contributed by atoms with Gasteiger partial charge in [0, 0.05) is 24.2 Å². The van der Waals surface area contributed by atoms with Crippen molar-refractivity contribution in [1.82, 2.24) is 10.0 Å². The summed E-state index contributed by atoms with van der Waals surface area (Å²) in [5.41, 5.74) is 0.256. The summed E-state index contributed by atoms with van der Waals surface area (Å²) in [6.07, 6.45) is 2.74. The Morgan fingerprint density at radius 1 is 1.38 bits per heavy atom. The molecule has 0 radical (unpaired) electrons. The van der Waals surface area contributed by atoms with Crippen molar-refractivity contribution in [2.45, 2.75) is 37.1 Å². The van der Waals surface area contributed by atoms with Crippen LogP contribution in [0.5, 0.6) is 0 Å². The fourth-order valence-corrected chi connectivity index (χ4v) is 3.65. The summed E-state index contributed by atoms with van der Waals surface area (Å²) >= 11 is 0. The maximum Gasteiger partial charge on any atom is 0.273 e. The van der Waals surface area contributed by atoms with Gasteiger partial charge in [0.2, 0.25) is 10.0 Å². The molecule has 0 amide bonds. The monoisotopic (exact) mass is 313 g/mol. The van der Waals surface area contributed by atoms with E-state index in [1.54, 1.807) is 6.92 Å². The molecule has 1 fully saturated rings. The van der Waals surface area contributed by atoms with Crippen LogP contribution < -0.4 is 10.0 Å². The molecule has 8 heteroatoms. The van der Waals surface area contributed by atoms with Crippen LogP contribution in [-0.2, 0) is 10.0 Å². The molecule has 1 aromatic carbocycles. The second kappa shape index (κ2) is 6.50. The zero-order chi connectivity index (χ0) is 15.5. The molecule has 7 nitrogen and oxygen atoms in total. The largest absolute Gasteiger partial charge is 0.315 e. The number of hydrogen-bond donors (Lipinski definition) is 2. The summed E-state index contributed by atoms with van der Waals surface area (Å²) in [6, 6.07) is 3.78. The highest BCUT2D eigenvalue weighted by molar-refractivity contribution is 7.89. The molecule has 0 aromatic heterocycles. The van der Waals surface area contributed by atoms with Crippen molar-refractivity contribution in [2.75, 3.05) is 13.1 Å². The third-order valence-electron chi connectivity index (χ3n) is 3.56. The fraction of sp³-hybridized carbons (Fsp3) is 0.538. The van der Waals surface area contributed by atoms with E-state index in [4.69, 9.17) is 0 Å². The number of sulfonamides is 1. The van der Waals surface area contributed by atoms with Crippen molar-refractivity contribution in [2.24, 2.45) is 0 Å². The van der Waals surface area contributed by atoms with Gasteiger partial charge in [0.25, 0.3) is 5.69 Å². The number of aryl methyl sites for hydroxylation is 1. The van der Waals surface area contributed by atoms with E-state index in [-0.39, 0.29) is 16.6 Å². The van der Waals surface area contributed by atoms with Crippen molar-refractivity contribution in [1.29, 1.82) is 0 Å². The zero-order valence-corrected chi connectivity index (χ0v) is 12.6. The first kappa shape index (κ1) is 15.9. The van der Waals surface area contributed by atoms with Gasteiger partial charge in [-0.05, 0) is 32.4 Å². The molecule has 0 spiro atoms. The first-order valence-electron chi connectivity index (χ1n) is 6.88. The molecule has 0 bridgehead atoms. The number of hydrogen-bond acceptors (Lipinski definition) is 5. The summed E-state index contributed by atoms with van der Waals surface area (Å²) in [7, 11) is -3.74. The van der Waals surface area contributed by atoms with E-state index in [9.17, 15) is 18.5 Å². The maximum absolute atomic E-state index is 12.3. The van der Waals surface area contributed by atoms with E-state index < -0.39 is 14.9 Å². The Balaban J connectivity index is 2.22. The van der Waals surface area contributed by atoms with Crippen molar-refractivity contribution >= 4 is 15.7 Å². The quantitative estimate of drug-likeness (QED) is 0.645. The Morgan fingerprint density at radius 2 is 2.14 bits per heavy atom. The second-order valence-electron chi connectivity index (χ2n) is 5.22. The van der Waals surface area contributed by atoms with Gasteiger partial charge in [0.15, 0.2) is 0 Å². The smallest absolute Gasteiger partial charge is 0.273 e. The van der Waals surface area contributed by atoms with Crippen LogP contribution in [-0.4, -0.2) is 32.5 Å². The van der Waals surface area contributed by atoms with Gasteiger partial charge < -0.3 is 5.32 Å². The van der Waals surface area contributed by atoms with Crippen LogP contribution in [0.2, 0.25) is 0 Å². The van der Waals surface area contributed by atoms with Gasteiger partial charge in [-0.2, -0.15) is 0 Å². The molecule has 21 heavy (non-hydrogen) atoms. The number of benzene rings is 1. The first-order chi connectivity index (χ1) is 9.90. The van der Waals surface area contributed by atoms with Crippen molar-refractivity contribution in [3.05, 3.63) is 33.9 Å². The maximum atomic E-state index is 12.3. The topological polar surface area (TPSA) is 101 Å². The third-order valence-corrected chi connectivity index (χ3v) is 5.07. The Labute approximate surface area is 123 Å². The van der Waals surface area contributed by atoms with E-state index >= 15 is 0 Å². The lowest BCUT2D eigenvalue weighted by Gasteiger charge is -2.16. The summed E-state index contributed by atoms with van der Waals surface area (Å²) < 4.78 is 27.3. The average molecular weight is 313 g/mol. The molecule has 1 saturated heterocycles. The standard InChI is InChI=1S/C13H19N3O4S/c1-10-5-6-12(8-13(10)16(17)18)21(19,20)15-11-4-2-3-7-14-9-11/h5-6,8,11,14-15H,2-4,7,9H2,1H3. The fourth-order valence-electron chi connectivity index (χ4n) is 2.36. The Bertz CT molecular complexity index is 622. The molecule has 0 saturated carbocycles. The lowest BCUT2D eigenvalue weighted by atomic mass is 10.2. The normalized spacial score (nSPS) is 20.0. The summed E-state index contributed by atoms with van der Waals surface area (Å²) in [6.45, 7) is 3.04. The highest BCUT2D eigenvalue weighted by Crippen LogP contribution is 2.22. The average Bonchev–Trinajstić information content (AvgIpc) is 2.66. The predicted molar refractivity (Wildman–Crippen MR) is 78.7 cm³/mol. The minimum absolute atomic E-state index is 0.0657. The van der Waals surface area contributed by atoms with Gasteiger partial charge in [0.1, 0.15) is 0 Å². The molecule has 116 valence electrons. The van der Waals surface area contributed by atoms with Crippen LogP contribution >= 0.6 is 0 Å². The number of rotatable bonds is 4. The third kappa shape index (κ3) is 3.99. The van der Waals surface area contributed by atoms with E-state index in [1.807, 2.05) is 0 Å². The SMILES string of the molecule is Cc1ccc(S(=O)(=O)NC2CCCCNC2)cc1[N+](=O)[O-]. The molecule has 1 aromatic rings. The van der Waals surface area contributed by atoms with Gasteiger partial charge in [-0.25, -0.2) is 13.1 Å². The summed E-state index contributed by atoms with van der Waals surface area (Å²) in [5, 5.41) is 14.1. The minimum atomic E-state index is -3.74. The lowest BCUT2D eigenvalue weighted by molar-refractivity contribution is -0.385. The highest BCUT2D eigenvalue weighted by Gasteiger charge is 2.23. The summed E-state index contributed by atoms with van der Waals surface area (Å²) in [5.74, 6) is 0. The van der Waals surface area contributed by atoms with Crippen molar-refractivity contribution in [3.63, 3.8) is 0 Å². The predicted octanol–water partition coefficient (Wildman–Crippen LogP) is 1.32. The molecule has 2 rings (SSSR count). The van der Waals surface area contributed by atoms with Gasteiger partial charge in [-0.1, -0.05) is 12.5 Å². The lowest BCUT2D eigenvalue weighted by Crippen LogP contribution is -2.40. The van der Waals surface area contributed by atoms with E-state index in [1.165, 1.54) is 12.1 Å². The molecule has 1 heterocycles. The Morgan fingerprint density at radius 3 is 2.86 bits per heavy atom. The van der Waals surface area contributed by atoms with Crippen molar-refractivity contribution < 1.29 is 13.3 Å². The zero-order valence-electron chi connectivity index (χ0n) is 11.8. The molecule has 2 N–H and O–H groups in total. The molecule has 1 aliphatic heterocycles. The number of nitrogens with zero attached hydrogens (tertiary/aromatic N) is 1. The Hall–Kier alpha value is -1.51. The molecule has 1 aliphatic rings. The molecule has 0 aliphatic carbocycles. The highest BCUT2D eigenvalue weighted by atomic mass is 32.2. The Kier molecular flexibility index (Phi) is 4.92. The molecular formula is C13H19N3O4S. The van der Waals surface area contributed by atoms with E-state index in [0.717, 1.165) is 31.9 Å². The van der Waals surface area contributed by atoms with Gasteiger partial charge in [-0.3, -0.25) is 10.1 Å². The van der Waals surface area contributed by atoms with Crippen LogP contribution in [0, 0.1) is 17.0 Å². The molecule has 1 atom stereocenters. The van der Waals surface area contributed by atoms with Crippen LogP contribution in [0.15, 0.2) is 23.1 Å². The molecular weight excluding hydrogens is 294 g/mol. The first-order valence-corrected chi connectivity index (χ1v) is 8.36. The van der Waals surface area contributed by atoms with Crippen LogP contribution in [0.3, 0.4) is 0 Å². The second-order valence-corrected chi connectivity index (χ2v) is 6.94. The molecule has 1 unspecified atom stereocenters. The van der Waals surface area contributed by atoms with E-state index in [0.29, 0.717) is 12.1 Å². The minimum Gasteiger partial charge on any atom is -0.315 e. The number of nitro groups is 1. The van der Waals surface area contributed by atoms with Crippen LogP contribution in [0.25, 0.3) is 0 Å².